The van der Waals surface area contributed by atoms with Crippen LogP contribution >= 0.6 is 11.8 Å². The molecule has 5 heteroatoms. The van der Waals surface area contributed by atoms with Gasteiger partial charge in [-0.05, 0) is 27.2 Å². The normalized spacial score (nSPS) is 16.0. The van der Waals surface area contributed by atoms with Crippen LogP contribution in [0.25, 0.3) is 0 Å². The Kier molecular flexibility index (Phi) is 5.57. The lowest BCUT2D eigenvalue weighted by molar-refractivity contribution is 0.382. The van der Waals surface area contributed by atoms with Gasteiger partial charge in [0.25, 0.3) is 0 Å². The van der Waals surface area contributed by atoms with Crippen molar-refractivity contribution in [2.45, 2.75) is 56.0 Å². The summed E-state index contributed by atoms with van der Waals surface area (Å²) in [6.07, 6.45) is 5.86. The van der Waals surface area contributed by atoms with Crippen molar-refractivity contribution < 1.29 is 0 Å². The zero-order valence-corrected chi connectivity index (χ0v) is 12.2. The van der Waals surface area contributed by atoms with Crippen LogP contribution in [-0.2, 0) is 0 Å². The van der Waals surface area contributed by atoms with Crippen LogP contribution in [0.1, 0.15) is 34.1 Å². The van der Waals surface area contributed by atoms with E-state index in [4.69, 9.17) is 0 Å². The summed E-state index contributed by atoms with van der Waals surface area (Å²) in [7, 11) is 0. The van der Waals surface area contributed by atoms with Crippen LogP contribution in [0.4, 0.5) is 0 Å². The summed E-state index contributed by atoms with van der Waals surface area (Å²) in [6, 6.07) is 2.66. The van der Waals surface area contributed by atoms with E-state index in [0.717, 1.165) is 11.4 Å². The molecule has 2 atom stereocenters. The van der Waals surface area contributed by atoms with Crippen molar-refractivity contribution in [3.8, 4) is 6.07 Å². The fraction of sp³-hybridized carbons (Fsp3) is 0.615. The van der Waals surface area contributed by atoms with E-state index in [-0.39, 0.29) is 0 Å². The minimum absolute atomic E-state index is 0.295. The zero-order valence-electron chi connectivity index (χ0n) is 11.3. The second-order valence-corrected chi connectivity index (χ2v) is 6.38. The lowest BCUT2D eigenvalue weighted by Gasteiger charge is -2.28. The number of nitriles is 1. The quantitative estimate of drug-likeness (QED) is 0.800. The average molecular weight is 264 g/mol. The SMILES string of the molecule is CC(C)NC(C)(C#N)CC(C)Sc1cnccn1. The van der Waals surface area contributed by atoms with Crippen LogP contribution in [0, 0.1) is 11.3 Å². The average Bonchev–Trinajstić information content (AvgIpc) is 2.28. The van der Waals surface area contributed by atoms with Crippen molar-refractivity contribution in [1.29, 1.82) is 5.26 Å². The van der Waals surface area contributed by atoms with E-state index in [1.54, 1.807) is 30.4 Å². The van der Waals surface area contributed by atoms with Crippen molar-refractivity contribution in [3.63, 3.8) is 0 Å². The number of hydrogen-bond acceptors (Lipinski definition) is 5. The molecule has 0 fully saturated rings. The van der Waals surface area contributed by atoms with Gasteiger partial charge < -0.3 is 0 Å². The van der Waals surface area contributed by atoms with E-state index in [0.29, 0.717) is 11.3 Å². The molecule has 0 amide bonds. The molecule has 0 saturated carbocycles. The molecular formula is C13H20N4S. The Morgan fingerprint density at radius 2 is 2.17 bits per heavy atom. The first-order chi connectivity index (χ1) is 8.45. The molecule has 0 aliphatic carbocycles. The van der Waals surface area contributed by atoms with Crippen LogP contribution in [0.2, 0.25) is 0 Å². The monoisotopic (exact) mass is 264 g/mol. The topological polar surface area (TPSA) is 61.6 Å². The number of nitrogens with one attached hydrogen (secondary N) is 1. The second-order valence-electron chi connectivity index (χ2n) is 4.92. The van der Waals surface area contributed by atoms with Gasteiger partial charge in [0.05, 0.1) is 12.3 Å². The van der Waals surface area contributed by atoms with Crippen LogP contribution in [0.15, 0.2) is 23.6 Å². The molecule has 1 N–H and O–H groups in total. The molecule has 98 valence electrons. The lowest BCUT2D eigenvalue weighted by atomic mass is 9.97. The Bertz CT molecular complexity index is 401. The molecule has 1 aromatic rings. The van der Waals surface area contributed by atoms with Gasteiger partial charge in [-0.15, -0.1) is 11.8 Å². The number of nitrogens with zero attached hydrogens (tertiary/aromatic N) is 3. The molecule has 0 spiro atoms. The molecular weight excluding hydrogens is 244 g/mol. The molecule has 1 rings (SSSR count). The fourth-order valence-electron chi connectivity index (χ4n) is 1.94. The second kappa shape index (κ2) is 6.72. The van der Waals surface area contributed by atoms with Gasteiger partial charge in [0, 0.05) is 23.7 Å². The minimum Gasteiger partial charge on any atom is -0.297 e. The third kappa shape index (κ3) is 5.03. The van der Waals surface area contributed by atoms with Crippen LogP contribution < -0.4 is 5.32 Å². The standard InChI is InChI=1S/C13H20N4S/c1-10(2)17-13(4,9-14)7-11(3)18-12-8-15-5-6-16-12/h5-6,8,10-11,17H,7H2,1-4H3. The summed E-state index contributed by atoms with van der Waals surface area (Å²) in [4.78, 5) is 8.27. The van der Waals surface area contributed by atoms with Crippen molar-refractivity contribution in [1.82, 2.24) is 15.3 Å². The largest absolute Gasteiger partial charge is 0.297 e. The van der Waals surface area contributed by atoms with Crippen LogP contribution in [0.3, 0.4) is 0 Å². The zero-order chi connectivity index (χ0) is 13.6. The molecule has 0 saturated heterocycles. The van der Waals surface area contributed by atoms with Crippen molar-refractivity contribution in [3.05, 3.63) is 18.6 Å². The molecule has 1 heterocycles. The Labute approximate surface area is 113 Å². The summed E-state index contributed by atoms with van der Waals surface area (Å²) in [5, 5.41) is 13.8. The Balaban J connectivity index is 2.58. The molecule has 1 aromatic heterocycles. The highest BCUT2D eigenvalue weighted by molar-refractivity contribution is 7.99. The molecule has 0 aliphatic rings. The number of aromatic nitrogens is 2. The highest BCUT2D eigenvalue weighted by Gasteiger charge is 2.27. The van der Waals surface area contributed by atoms with Gasteiger partial charge in [-0.3, -0.25) is 10.3 Å². The van der Waals surface area contributed by atoms with Crippen LogP contribution in [0.5, 0.6) is 0 Å². The first-order valence-corrected chi connectivity index (χ1v) is 6.95. The van der Waals surface area contributed by atoms with E-state index in [1.165, 1.54) is 0 Å². The number of hydrogen-bond donors (Lipinski definition) is 1. The smallest absolute Gasteiger partial charge is 0.115 e. The van der Waals surface area contributed by atoms with Gasteiger partial charge in [0.15, 0.2) is 0 Å². The summed E-state index contributed by atoms with van der Waals surface area (Å²) >= 11 is 1.65. The molecule has 0 aliphatic heterocycles. The third-order valence-electron chi connectivity index (χ3n) is 2.41. The third-order valence-corrected chi connectivity index (χ3v) is 3.43. The van der Waals surface area contributed by atoms with Gasteiger partial charge in [-0.25, -0.2) is 4.98 Å². The maximum Gasteiger partial charge on any atom is 0.115 e. The van der Waals surface area contributed by atoms with E-state index >= 15 is 0 Å². The fourth-order valence-corrected chi connectivity index (χ4v) is 3.02. The van der Waals surface area contributed by atoms with E-state index in [2.05, 4.69) is 42.1 Å². The molecule has 18 heavy (non-hydrogen) atoms. The summed E-state index contributed by atoms with van der Waals surface area (Å²) in [6.45, 7) is 8.16. The van der Waals surface area contributed by atoms with E-state index in [9.17, 15) is 5.26 Å². The molecule has 0 aromatic carbocycles. The molecule has 4 nitrogen and oxygen atoms in total. The predicted octanol–water partition coefficient (Wildman–Crippen LogP) is 2.63. The summed E-state index contributed by atoms with van der Waals surface area (Å²) in [5.41, 5.74) is -0.497. The molecule has 0 bridgehead atoms. The highest BCUT2D eigenvalue weighted by atomic mass is 32.2. The first-order valence-electron chi connectivity index (χ1n) is 6.07. The van der Waals surface area contributed by atoms with Gasteiger partial charge in [0.2, 0.25) is 0 Å². The Hall–Kier alpha value is -1.12. The van der Waals surface area contributed by atoms with Gasteiger partial charge in [-0.1, -0.05) is 6.92 Å². The lowest BCUT2D eigenvalue weighted by Crippen LogP contribution is -2.46. The van der Waals surface area contributed by atoms with Gasteiger partial charge in [0.1, 0.15) is 10.6 Å². The molecule has 2 unspecified atom stereocenters. The maximum absolute atomic E-state index is 9.30. The summed E-state index contributed by atoms with van der Waals surface area (Å²) in [5.74, 6) is 0. The van der Waals surface area contributed by atoms with Gasteiger partial charge in [-0.2, -0.15) is 5.26 Å². The highest BCUT2D eigenvalue weighted by Crippen LogP contribution is 2.26. The number of rotatable bonds is 6. The number of thioether (sulfide) groups is 1. The van der Waals surface area contributed by atoms with E-state index < -0.39 is 5.54 Å². The van der Waals surface area contributed by atoms with E-state index in [1.807, 2.05) is 6.92 Å². The Morgan fingerprint density at radius 3 is 2.67 bits per heavy atom. The molecule has 0 radical (unpaired) electrons. The first kappa shape index (κ1) is 14.9. The summed E-state index contributed by atoms with van der Waals surface area (Å²) < 4.78 is 0. The maximum atomic E-state index is 9.30. The van der Waals surface area contributed by atoms with Crippen molar-refractivity contribution in [2.24, 2.45) is 0 Å². The predicted molar refractivity (Wildman–Crippen MR) is 74.3 cm³/mol. The van der Waals surface area contributed by atoms with Crippen molar-refractivity contribution in [2.75, 3.05) is 0 Å². The Morgan fingerprint density at radius 1 is 1.44 bits per heavy atom. The minimum atomic E-state index is -0.497. The van der Waals surface area contributed by atoms with Crippen molar-refractivity contribution >= 4 is 11.8 Å². The van der Waals surface area contributed by atoms with Crippen LogP contribution in [-0.4, -0.2) is 26.8 Å². The van der Waals surface area contributed by atoms with Gasteiger partial charge >= 0.3 is 0 Å².